The van der Waals surface area contributed by atoms with Crippen LogP contribution in [0.15, 0.2) is 24.4 Å². The molecular formula is C15H19N3O. The van der Waals surface area contributed by atoms with E-state index in [0.717, 1.165) is 36.0 Å². The summed E-state index contributed by atoms with van der Waals surface area (Å²) in [5, 5.41) is 0.912. The Balaban J connectivity index is 1.96. The summed E-state index contributed by atoms with van der Waals surface area (Å²) in [5.74, 6) is 0.0995. The van der Waals surface area contributed by atoms with E-state index in [2.05, 4.69) is 18.8 Å². The Morgan fingerprint density at radius 2 is 2.21 bits per heavy atom. The first-order valence-corrected chi connectivity index (χ1v) is 6.62. The van der Waals surface area contributed by atoms with Gasteiger partial charge >= 0.3 is 0 Å². The zero-order valence-corrected chi connectivity index (χ0v) is 11.4. The number of nitrogens with zero attached hydrogens (tertiary/aromatic N) is 1. The van der Waals surface area contributed by atoms with Gasteiger partial charge in [-0.3, -0.25) is 4.79 Å². The fourth-order valence-electron chi connectivity index (χ4n) is 2.77. The molecule has 3 N–H and O–H groups in total. The van der Waals surface area contributed by atoms with E-state index in [0.29, 0.717) is 5.69 Å². The first-order chi connectivity index (χ1) is 8.96. The van der Waals surface area contributed by atoms with Crippen LogP contribution in [0.2, 0.25) is 0 Å². The standard InChI is InChI=1S/C15H19N3O/c1-15(2)5-6-18(9-15)14(19)12-8-17-13-4-3-10(16)7-11(12)13/h3-4,7-8,17H,5-6,9,16H2,1-2H3. The highest BCUT2D eigenvalue weighted by atomic mass is 16.2. The Labute approximate surface area is 112 Å². The van der Waals surface area contributed by atoms with Crippen molar-refractivity contribution in [3.63, 3.8) is 0 Å². The van der Waals surface area contributed by atoms with Gasteiger partial charge in [0.2, 0.25) is 0 Å². The van der Waals surface area contributed by atoms with Gasteiger partial charge in [-0.15, -0.1) is 0 Å². The zero-order chi connectivity index (χ0) is 13.6. The van der Waals surface area contributed by atoms with Gasteiger partial charge in [0, 0.05) is 35.9 Å². The van der Waals surface area contributed by atoms with Crippen molar-refractivity contribution < 1.29 is 4.79 Å². The van der Waals surface area contributed by atoms with Gasteiger partial charge in [0.25, 0.3) is 5.91 Å². The molecule has 1 aromatic carbocycles. The molecule has 1 aliphatic rings. The number of fused-ring (bicyclic) bond motifs is 1. The van der Waals surface area contributed by atoms with Crippen molar-refractivity contribution in [3.8, 4) is 0 Å². The molecule has 1 aliphatic heterocycles. The Morgan fingerprint density at radius 1 is 1.42 bits per heavy atom. The van der Waals surface area contributed by atoms with Crippen molar-refractivity contribution in [1.82, 2.24) is 9.88 Å². The summed E-state index contributed by atoms with van der Waals surface area (Å²) >= 11 is 0. The Kier molecular flexibility index (Phi) is 2.55. The number of H-pyrrole nitrogens is 1. The van der Waals surface area contributed by atoms with Gasteiger partial charge in [0.15, 0.2) is 0 Å². The molecule has 0 bridgehead atoms. The summed E-state index contributed by atoms with van der Waals surface area (Å²) in [5.41, 5.74) is 8.39. The molecule has 1 aromatic heterocycles. The van der Waals surface area contributed by atoms with Gasteiger partial charge in [0.05, 0.1) is 5.56 Å². The molecule has 0 unspecified atom stereocenters. The van der Waals surface area contributed by atoms with Crippen molar-refractivity contribution in [2.45, 2.75) is 20.3 Å². The molecule has 1 amide bonds. The Bertz CT molecular complexity index is 642. The summed E-state index contributed by atoms with van der Waals surface area (Å²) in [7, 11) is 0. The predicted molar refractivity (Wildman–Crippen MR) is 77.0 cm³/mol. The number of anilines is 1. The van der Waals surface area contributed by atoms with Crippen LogP contribution in [0.5, 0.6) is 0 Å². The van der Waals surface area contributed by atoms with E-state index in [1.54, 1.807) is 6.20 Å². The van der Waals surface area contributed by atoms with Gasteiger partial charge in [0.1, 0.15) is 0 Å². The molecule has 0 saturated carbocycles. The molecule has 0 radical (unpaired) electrons. The maximum atomic E-state index is 12.6. The number of hydrogen-bond acceptors (Lipinski definition) is 2. The number of nitrogens with one attached hydrogen (secondary N) is 1. The minimum Gasteiger partial charge on any atom is -0.399 e. The Morgan fingerprint density at radius 3 is 2.89 bits per heavy atom. The van der Waals surface area contributed by atoms with E-state index in [4.69, 9.17) is 5.73 Å². The summed E-state index contributed by atoms with van der Waals surface area (Å²) < 4.78 is 0. The minimum atomic E-state index is 0.0995. The Hall–Kier alpha value is -1.97. The van der Waals surface area contributed by atoms with E-state index in [-0.39, 0.29) is 11.3 Å². The molecular weight excluding hydrogens is 238 g/mol. The van der Waals surface area contributed by atoms with E-state index in [9.17, 15) is 4.79 Å². The quantitative estimate of drug-likeness (QED) is 0.771. The van der Waals surface area contributed by atoms with Gasteiger partial charge in [-0.25, -0.2) is 0 Å². The van der Waals surface area contributed by atoms with Crippen LogP contribution in [0, 0.1) is 5.41 Å². The number of aromatic nitrogens is 1. The van der Waals surface area contributed by atoms with Crippen molar-refractivity contribution in [2.24, 2.45) is 5.41 Å². The number of carbonyl (C=O) groups excluding carboxylic acids is 1. The zero-order valence-electron chi connectivity index (χ0n) is 11.4. The SMILES string of the molecule is CC1(C)CCN(C(=O)c2c[nH]c3ccc(N)cc23)C1. The summed E-state index contributed by atoms with van der Waals surface area (Å²) in [6, 6.07) is 5.61. The smallest absolute Gasteiger partial charge is 0.256 e. The van der Waals surface area contributed by atoms with Crippen molar-refractivity contribution in [1.29, 1.82) is 0 Å². The molecule has 2 aromatic rings. The van der Waals surface area contributed by atoms with Crippen LogP contribution < -0.4 is 5.73 Å². The van der Waals surface area contributed by atoms with Gasteiger partial charge in [-0.1, -0.05) is 13.8 Å². The first kappa shape index (κ1) is 12.1. The molecule has 4 nitrogen and oxygen atoms in total. The fraction of sp³-hybridized carbons (Fsp3) is 0.400. The second kappa shape index (κ2) is 4.02. The maximum Gasteiger partial charge on any atom is 0.256 e. The van der Waals surface area contributed by atoms with Crippen LogP contribution in [0.3, 0.4) is 0 Å². The fourth-order valence-corrected chi connectivity index (χ4v) is 2.77. The van der Waals surface area contributed by atoms with E-state index < -0.39 is 0 Å². The third-order valence-corrected chi connectivity index (χ3v) is 3.90. The predicted octanol–water partition coefficient (Wildman–Crippen LogP) is 2.62. The average Bonchev–Trinajstić information content (AvgIpc) is 2.91. The molecule has 100 valence electrons. The molecule has 2 heterocycles. The topological polar surface area (TPSA) is 62.1 Å². The van der Waals surface area contributed by atoms with Gasteiger partial charge in [-0.05, 0) is 30.0 Å². The average molecular weight is 257 g/mol. The maximum absolute atomic E-state index is 12.6. The van der Waals surface area contributed by atoms with Crippen LogP contribution in [0.1, 0.15) is 30.6 Å². The third-order valence-electron chi connectivity index (χ3n) is 3.90. The van der Waals surface area contributed by atoms with Gasteiger partial charge < -0.3 is 15.6 Å². The lowest BCUT2D eigenvalue weighted by atomic mass is 9.93. The van der Waals surface area contributed by atoms with Crippen molar-refractivity contribution in [2.75, 3.05) is 18.8 Å². The van der Waals surface area contributed by atoms with Crippen LogP contribution in [-0.2, 0) is 0 Å². The normalized spacial score (nSPS) is 18.1. The molecule has 0 spiro atoms. The molecule has 19 heavy (non-hydrogen) atoms. The molecule has 0 aliphatic carbocycles. The lowest BCUT2D eigenvalue weighted by Gasteiger charge is -2.19. The minimum absolute atomic E-state index is 0.0995. The number of benzene rings is 1. The molecule has 4 heteroatoms. The van der Waals surface area contributed by atoms with Crippen LogP contribution >= 0.6 is 0 Å². The van der Waals surface area contributed by atoms with E-state index in [1.807, 2.05) is 23.1 Å². The number of aromatic amines is 1. The number of nitrogens with two attached hydrogens (primary N) is 1. The van der Waals surface area contributed by atoms with E-state index in [1.165, 1.54) is 0 Å². The van der Waals surface area contributed by atoms with Crippen molar-refractivity contribution >= 4 is 22.5 Å². The number of nitrogen functional groups attached to an aromatic ring is 1. The van der Waals surface area contributed by atoms with Crippen LogP contribution in [0.25, 0.3) is 10.9 Å². The molecule has 1 fully saturated rings. The highest BCUT2D eigenvalue weighted by Crippen LogP contribution is 2.31. The highest BCUT2D eigenvalue weighted by Gasteiger charge is 2.33. The third kappa shape index (κ3) is 2.07. The monoisotopic (exact) mass is 257 g/mol. The molecule has 1 saturated heterocycles. The second-order valence-corrected chi connectivity index (χ2v) is 6.15. The van der Waals surface area contributed by atoms with Crippen LogP contribution in [0.4, 0.5) is 5.69 Å². The first-order valence-electron chi connectivity index (χ1n) is 6.62. The summed E-state index contributed by atoms with van der Waals surface area (Å²) in [6.45, 7) is 6.06. The second-order valence-electron chi connectivity index (χ2n) is 6.15. The highest BCUT2D eigenvalue weighted by molar-refractivity contribution is 6.07. The summed E-state index contributed by atoms with van der Waals surface area (Å²) in [4.78, 5) is 17.7. The van der Waals surface area contributed by atoms with E-state index >= 15 is 0 Å². The van der Waals surface area contributed by atoms with Gasteiger partial charge in [-0.2, -0.15) is 0 Å². The molecule has 0 atom stereocenters. The number of hydrogen-bond donors (Lipinski definition) is 2. The number of carbonyl (C=O) groups is 1. The number of likely N-dealkylation sites (tertiary alicyclic amines) is 1. The lowest BCUT2D eigenvalue weighted by Crippen LogP contribution is -2.30. The molecule has 3 rings (SSSR count). The number of rotatable bonds is 1. The lowest BCUT2D eigenvalue weighted by molar-refractivity contribution is 0.0780. The van der Waals surface area contributed by atoms with Crippen molar-refractivity contribution in [3.05, 3.63) is 30.0 Å². The largest absolute Gasteiger partial charge is 0.399 e. The van der Waals surface area contributed by atoms with Crippen LogP contribution in [-0.4, -0.2) is 28.9 Å². The summed E-state index contributed by atoms with van der Waals surface area (Å²) in [6.07, 6.45) is 2.85. The number of amides is 1.